The Morgan fingerprint density at radius 1 is 0.712 bits per heavy atom. The summed E-state index contributed by atoms with van der Waals surface area (Å²) in [4.78, 5) is 26.0. The lowest BCUT2D eigenvalue weighted by Crippen LogP contribution is -2.16. The molecule has 1 heterocycles. The number of nitrogens with zero attached hydrogens (tertiary/aromatic N) is 3. The average Bonchev–Trinajstić information content (AvgIpc) is 3.22. The van der Waals surface area contributed by atoms with Crippen LogP contribution in [0.3, 0.4) is 0 Å². The Morgan fingerprint density at radius 2 is 1.36 bits per heavy atom. The van der Waals surface area contributed by atoms with Crippen LogP contribution in [0.5, 0.6) is 17.2 Å². The topological polar surface area (TPSA) is 187 Å². The van der Waals surface area contributed by atoms with Gasteiger partial charge in [-0.15, -0.1) is 0 Å². The lowest BCUT2D eigenvalue weighted by molar-refractivity contribution is -0.138. The zero-order chi connectivity index (χ0) is 42.1. The Morgan fingerprint density at radius 3 is 2.05 bits per heavy atom. The Hall–Kier alpha value is -6.44. The molecule has 5 aromatic rings. The fourth-order valence-electron chi connectivity index (χ4n) is 6.56. The number of carboxylic acid groups (broad SMARTS) is 2. The number of halogens is 1. The van der Waals surface area contributed by atoms with Gasteiger partial charge >= 0.3 is 11.9 Å². The fourth-order valence-corrected chi connectivity index (χ4v) is 6.80. The molecule has 0 bridgehead atoms. The minimum absolute atomic E-state index is 0.0605. The quantitative estimate of drug-likeness (QED) is 0.0489. The molecule has 4 aromatic carbocycles. The van der Waals surface area contributed by atoms with Crippen molar-refractivity contribution in [1.82, 2.24) is 15.6 Å². The molecule has 0 spiro atoms. The number of nitriles is 2. The summed E-state index contributed by atoms with van der Waals surface area (Å²) in [5, 5.41) is 43.4. The zero-order valence-electron chi connectivity index (χ0n) is 33.0. The van der Waals surface area contributed by atoms with Crippen molar-refractivity contribution in [3.8, 4) is 51.6 Å². The summed E-state index contributed by atoms with van der Waals surface area (Å²) in [5.41, 5.74) is 9.88. The van der Waals surface area contributed by atoms with Crippen LogP contribution < -0.4 is 24.8 Å². The summed E-state index contributed by atoms with van der Waals surface area (Å²) in [6, 6.07) is 27.6. The molecule has 59 heavy (non-hydrogen) atoms. The lowest BCUT2D eigenvalue weighted by Gasteiger charge is -2.19. The van der Waals surface area contributed by atoms with E-state index in [1.807, 2.05) is 42.5 Å². The SMILES string of the molecule is Cc1c(COc2cc(OCc3cncc(C#N)c3)c(CNCCCC(=O)O)cc2Cl)cccc1-c1cccc(-c2ccc(CNCCCC(=O)O)c(OCC#N)c2)c1C. The second-order valence-electron chi connectivity index (χ2n) is 13.8. The molecule has 13 heteroatoms. The highest BCUT2D eigenvalue weighted by Gasteiger charge is 2.17. The maximum atomic E-state index is 11.0. The number of aromatic nitrogens is 1. The lowest BCUT2D eigenvalue weighted by atomic mass is 9.89. The molecule has 0 aliphatic heterocycles. The highest BCUT2D eigenvalue weighted by Crippen LogP contribution is 2.38. The van der Waals surface area contributed by atoms with E-state index in [4.69, 9.17) is 36.0 Å². The van der Waals surface area contributed by atoms with Crippen molar-refractivity contribution in [2.45, 2.75) is 65.8 Å². The Bertz CT molecular complexity index is 2350. The van der Waals surface area contributed by atoms with Gasteiger partial charge in [-0.3, -0.25) is 14.6 Å². The molecule has 0 unspecified atom stereocenters. The van der Waals surface area contributed by atoms with E-state index in [0.29, 0.717) is 66.9 Å². The highest BCUT2D eigenvalue weighted by molar-refractivity contribution is 6.32. The maximum absolute atomic E-state index is 11.0. The van der Waals surface area contributed by atoms with Crippen LogP contribution >= 0.6 is 11.6 Å². The van der Waals surface area contributed by atoms with E-state index in [9.17, 15) is 20.1 Å². The third-order valence-corrected chi connectivity index (χ3v) is 9.97. The minimum atomic E-state index is -0.851. The summed E-state index contributed by atoms with van der Waals surface area (Å²) in [5.74, 6) is -0.139. The standard InChI is InChI=1S/C46H46ClN5O7/c1-30-36(29-59-44-22-43(58-28-33-19-32(23-49)24-52-25-33)37(20-41(44)47)27-51-17-6-12-46(55)56)7-3-9-39(30)40-10-4-8-38(31(40)2)34-13-14-35(42(21-34)57-18-15-48)26-50-16-5-11-45(53)54/h3-4,7-10,13-14,19-22,24-25,50-51H,5-6,11-12,16-18,26-29H2,1-2H3,(H,53,54)(H,55,56). The number of nitrogens with one attached hydrogen (secondary N) is 2. The second-order valence-corrected chi connectivity index (χ2v) is 14.3. The van der Waals surface area contributed by atoms with E-state index in [0.717, 1.165) is 55.6 Å². The molecule has 0 fully saturated rings. The maximum Gasteiger partial charge on any atom is 0.303 e. The number of benzene rings is 4. The Kier molecular flexibility index (Phi) is 16.2. The molecule has 0 saturated heterocycles. The number of hydrogen-bond donors (Lipinski definition) is 4. The van der Waals surface area contributed by atoms with Crippen molar-refractivity contribution in [2.24, 2.45) is 0 Å². The van der Waals surface area contributed by atoms with Gasteiger partial charge in [-0.2, -0.15) is 10.5 Å². The largest absolute Gasteiger partial charge is 0.488 e. The Balaban J connectivity index is 1.36. The molecular weight excluding hydrogens is 770 g/mol. The van der Waals surface area contributed by atoms with Gasteiger partial charge in [0.25, 0.3) is 0 Å². The number of pyridine rings is 1. The van der Waals surface area contributed by atoms with Crippen LogP contribution in [0.2, 0.25) is 5.02 Å². The van der Waals surface area contributed by atoms with Crippen molar-refractivity contribution in [2.75, 3.05) is 19.7 Å². The number of rotatable bonds is 22. The molecule has 0 radical (unpaired) electrons. The molecular formula is C46H46ClN5O7. The zero-order valence-corrected chi connectivity index (χ0v) is 33.8. The normalized spacial score (nSPS) is 10.7. The van der Waals surface area contributed by atoms with E-state index in [2.05, 4.69) is 53.7 Å². The van der Waals surface area contributed by atoms with Gasteiger partial charge < -0.3 is 35.1 Å². The molecule has 1 aromatic heterocycles. The van der Waals surface area contributed by atoms with E-state index in [-0.39, 0.29) is 32.7 Å². The van der Waals surface area contributed by atoms with Gasteiger partial charge in [0.15, 0.2) is 6.61 Å². The van der Waals surface area contributed by atoms with Crippen LogP contribution in [-0.2, 0) is 35.9 Å². The van der Waals surface area contributed by atoms with Crippen LogP contribution in [0.1, 0.15) is 64.6 Å². The predicted molar refractivity (Wildman–Crippen MR) is 224 cm³/mol. The first-order valence-corrected chi connectivity index (χ1v) is 19.5. The molecule has 0 saturated carbocycles. The van der Waals surface area contributed by atoms with Gasteiger partial charge in [0.1, 0.15) is 42.6 Å². The monoisotopic (exact) mass is 815 g/mol. The number of aliphatic carboxylic acids is 2. The first-order valence-electron chi connectivity index (χ1n) is 19.2. The minimum Gasteiger partial charge on any atom is -0.488 e. The predicted octanol–water partition coefficient (Wildman–Crippen LogP) is 8.53. The molecule has 12 nitrogen and oxygen atoms in total. The van der Waals surface area contributed by atoms with Gasteiger partial charge in [-0.05, 0) is 96.9 Å². The molecule has 5 rings (SSSR count). The summed E-state index contributed by atoms with van der Waals surface area (Å²) in [6.07, 6.45) is 4.25. The number of carbonyl (C=O) groups is 2. The van der Waals surface area contributed by atoms with Crippen LogP contribution in [0.4, 0.5) is 0 Å². The second kappa shape index (κ2) is 21.9. The van der Waals surface area contributed by atoms with Crippen LogP contribution in [0, 0.1) is 36.5 Å². The summed E-state index contributed by atoms with van der Waals surface area (Å²) in [6.45, 7) is 6.31. The first-order chi connectivity index (χ1) is 28.6. The molecule has 0 aliphatic carbocycles. The molecule has 0 atom stereocenters. The van der Waals surface area contributed by atoms with E-state index in [1.54, 1.807) is 24.4 Å². The smallest absolute Gasteiger partial charge is 0.303 e. The third kappa shape index (κ3) is 12.5. The number of carboxylic acids is 2. The van der Waals surface area contributed by atoms with Crippen molar-refractivity contribution < 1.29 is 34.0 Å². The summed E-state index contributed by atoms with van der Waals surface area (Å²) >= 11 is 6.79. The fraction of sp³-hybridized carbons (Fsp3) is 0.283. The van der Waals surface area contributed by atoms with Crippen LogP contribution in [0.25, 0.3) is 22.3 Å². The van der Waals surface area contributed by atoms with E-state index < -0.39 is 11.9 Å². The third-order valence-electron chi connectivity index (χ3n) is 9.68. The van der Waals surface area contributed by atoms with Gasteiger partial charge in [0, 0.05) is 61.1 Å². The van der Waals surface area contributed by atoms with E-state index >= 15 is 0 Å². The summed E-state index contributed by atoms with van der Waals surface area (Å²) < 4.78 is 18.4. The van der Waals surface area contributed by atoms with Crippen molar-refractivity contribution >= 4 is 23.5 Å². The highest BCUT2D eigenvalue weighted by atomic mass is 35.5. The van der Waals surface area contributed by atoms with Gasteiger partial charge in [0.2, 0.25) is 0 Å². The molecule has 0 amide bonds. The van der Waals surface area contributed by atoms with E-state index in [1.165, 1.54) is 6.20 Å². The van der Waals surface area contributed by atoms with Crippen molar-refractivity contribution in [3.63, 3.8) is 0 Å². The van der Waals surface area contributed by atoms with Gasteiger partial charge in [-0.1, -0.05) is 60.1 Å². The van der Waals surface area contributed by atoms with Crippen molar-refractivity contribution in [3.05, 3.63) is 129 Å². The van der Waals surface area contributed by atoms with Crippen LogP contribution in [-0.4, -0.2) is 46.8 Å². The number of ether oxygens (including phenoxy) is 3. The van der Waals surface area contributed by atoms with Gasteiger partial charge in [-0.25, -0.2) is 0 Å². The van der Waals surface area contributed by atoms with Gasteiger partial charge in [0.05, 0.1) is 10.6 Å². The molecule has 304 valence electrons. The first kappa shape index (κ1) is 43.7. The molecule has 4 N–H and O–H groups in total. The summed E-state index contributed by atoms with van der Waals surface area (Å²) in [7, 11) is 0. The molecule has 0 aliphatic rings. The Labute approximate surface area is 349 Å². The van der Waals surface area contributed by atoms with Crippen molar-refractivity contribution in [1.29, 1.82) is 10.5 Å². The average molecular weight is 816 g/mol. The van der Waals surface area contributed by atoms with Crippen LogP contribution in [0.15, 0.2) is 85.2 Å². The number of hydrogen-bond acceptors (Lipinski definition) is 10.